The molecule has 0 aliphatic carbocycles. The molecular formula is C19H28N4O. The number of rotatable bonds is 6. The van der Waals surface area contributed by atoms with Crippen molar-refractivity contribution in [2.24, 2.45) is 7.05 Å². The van der Waals surface area contributed by atoms with E-state index in [0.29, 0.717) is 18.0 Å². The number of likely N-dealkylation sites (tertiary alicyclic amines) is 1. The molecule has 1 aromatic carbocycles. The molecule has 130 valence electrons. The normalized spacial score (nSPS) is 17.6. The summed E-state index contributed by atoms with van der Waals surface area (Å²) < 4.78 is 7.12. The SMILES string of the molecule is COc1nn(C)cc1NC1CCN(C(C)Cc2ccccc2)CC1. The number of hydrogen-bond acceptors (Lipinski definition) is 4. The second-order valence-corrected chi connectivity index (χ2v) is 6.72. The zero-order valence-corrected chi connectivity index (χ0v) is 14.9. The van der Waals surface area contributed by atoms with E-state index in [1.165, 1.54) is 5.56 Å². The third-order valence-corrected chi connectivity index (χ3v) is 4.87. The highest BCUT2D eigenvalue weighted by molar-refractivity contribution is 5.51. The summed E-state index contributed by atoms with van der Waals surface area (Å²) in [4.78, 5) is 2.60. The quantitative estimate of drug-likeness (QED) is 0.885. The first-order chi connectivity index (χ1) is 11.7. The van der Waals surface area contributed by atoms with E-state index in [2.05, 4.69) is 52.6 Å². The zero-order valence-electron chi connectivity index (χ0n) is 14.9. The minimum Gasteiger partial charge on any atom is -0.478 e. The van der Waals surface area contributed by atoms with Crippen LogP contribution in [0.15, 0.2) is 36.5 Å². The van der Waals surface area contributed by atoms with Crippen molar-refractivity contribution in [2.45, 2.75) is 38.3 Å². The van der Waals surface area contributed by atoms with Gasteiger partial charge in [-0.05, 0) is 31.7 Å². The molecule has 1 aliphatic rings. The van der Waals surface area contributed by atoms with Gasteiger partial charge in [-0.3, -0.25) is 4.68 Å². The molecule has 1 aliphatic heterocycles. The molecule has 2 aromatic rings. The molecule has 1 N–H and O–H groups in total. The van der Waals surface area contributed by atoms with E-state index in [1.54, 1.807) is 11.8 Å². The third-order valence-electron chi connectivity index (χ3n) is 4.87. The second-order valence-electron chi connectivity index (χ2n) is 6.72. The van der Waals surface area contributed by atoms with E-state index in [-0.39, 0.29) is 0 Å². The Bertz CT molecular complexity index is 632. The van der Waals surface area contributed by atoms with Crippen molar-refractivity contribution in [1.82, 2.24) is 14.7 Å². The van der Waals surface area contributed by atoms with Crippen LogP contribution >= 0.6 is 0 Å². The van der Waals surface area contributed by atoms with E-state index >= 15 is 0 Å². The van der Waals surface area contributed by atoms with Crippen LogP contribution in [-0.4, -0.2) is 47.0 Å². The van der Waals surface area contributed by atoms with Gasteiger partial charge in [0, 0.05) is 32.2 Å². The number of aromatic nitrogens is 2. The lowest BCUT2D eigenvalue weighted by atomic mass is 10.00. The summed E-state index contributed by atoms with van der Waals surface area (Å²) in [7, 11) is 3.59. The summed E-state index contributed by atoms with van der Waals surface area (Å²) in [6.45, 7) is 4.60. The highest BCUT2D eigenvalue weighted by Crippen LogP contribution is 2.25. The molecule has 24 heavy (non-hydrogen) atoms. The number of anilines is 1. The number of piperidine rings is 1. The molecule has 5 heteroatoms. The Morgan fingerprint density at radius 1 is 1.25 bits per heavy atom. The van der Waals surface area contributed by atoms with Crippen molar-refractivity contribution in [3.05, 3.63) is 42.1 Å². The maximum Gasteiger partial charge on any atom is 0.256 e. The Labute approximate surface area is 144 Å². The standard InChI is InChI=1S/C19H28N4O/c1-15(13-16-7-5-4-6-8-16)23-11-9-17(10-12-23)20-18-14-22(2)21-19(18)24-3/h4-8,14-15,17,20H,9-13H2,1-3H3. The van der Waals surface area contributed by atoms with Gasteiger partial charge in [0.15, 0.2) is 0 Å². The summed E-state index contributed by atoms with van der Waals surface area (Å²) >= 11 is 0. The van der Waals surface area contributed by atoms with Crippen LogP contribution in [0.3, 0.4) is 0 Å². The highest BCUT2D eigenvalue weighted by atomic mass is 16.5. The number of nitrogens with zero attached hydrogens (tertiary/aromatic N) is 3. The zero-order chi connectivity index (χ0) is 16.9. The number of nitrogens with one attached hydrogen (secondary N) is 1. The van der Waals surface area contributed by atoms with Gasteiger partial charge < -0.3 is 15.0 Å². The average Bonchev–Trinajstić information content (AvgIpc) is 2.96. The minimum atomic E-state index is 0.489. The Kier molecular flexibility index (Phi) is 5.41. The average molecular weight is 328 g/mol. The number of ether oxygens (including phenoxy) is 1. The minimum absolute atomic E-state index is 0.489. The number of hydrogen-bond donors (Lipinski definition) is 1. The molecule has 0 radical (unpaired) electrons. The van der Waals surface area contributed by atoms with Crippen molar-refractivity contribution in [3.8, 4) is 5.88 Å². The van der Waals surface area contributed by atoms with Crippen LogP contribution in [0.5, 0.6) is 5.88 Å². The number of benzene rings is 1. The van der Waals surface area contributed by atoms with Crippen LogP contribution in [-0.2, 0) is 13.5 Å². The summed E-state index contributed by atoms with van der Waals surface area (Å²) in [5, 5.41) is 7.90. The summed E-state index contributed by atoms with van der Waals surface area (Å²) in [5.41, 5.74) is 2.42. The van der Waals surface area contributed by atoms with Gasteiger partial charge in [-0.1, -0.05) is 30.3 Å². The topological polar surface area (TPSA) is 42.3 Å². The van der Waals surface area contributed by atoms with Crippen molar-refractivity contribution in [1.29, 1.82) is 0 Å². The van der Waals surface area contributed by atoms with E-state index in [4.69, 9.17) is 4.74 Å². The molecule has 1 fully saturated rings. The lowest BCUT2D eigenvalue weighted by Crippen LogP contribution is -2.44. The lowest BCUT2D eigenvalue weighted by Gasteiger charge is -2.36. The van der Waals surface area contributed by atoms with Crippen molar-refractivity contribution >= 4 is 5.69 Å². The number of methoxy groups -OCH3 is 1. The second kappa shape index (κ2) is 7.71. The first-order valence-corrected chi connectivity index (χ1v) is 8.78. The Morgan fingerprint density at radius 2 is 1.96 bits per heavy atom. The molecule has 2 heterocycles. The molecular weight excluding hydrogens is 300 g/mol. The molecule has 3 rings (SSSR count). The predicted octanol–water partition coefficient (Wildman–Crippen LogP) is 2.94. The fraction of sp³-hybridized carbons (Fsp3) is 0.526. The van der Waals surface area contributed by atoms with E-state index in [9.17, 15) is 0 Å². The van der Waals surface area contributed by atoms with Crippen LogP contribution in [0.4, 0.5) is 5.69 Å². The molecule has 0 amide bonds. The maximum atomic E-state index is 5.33. The summed E-state index contributed by atoms with van der Waals surface area (Å²) in [6.07, 6.45) is 5.41. The molecule has 1 saturated heterocycles. The van der Waals surface area contributed by atoms with Gasteiger partial charge in [0.05, 0.1) is 13.3 Å². The Morgan fingerprint density at radius 3 is 2.62 bits per heavy atom. The monoisotopic (exact) mass is 328 g/mol. The van der Waals surface area contributed by atoms with Crippen LogP contribution in [0.25, 0.3) is 0 Å². The first kappa shape index (κ1) is 16.8. The maximum absolute atomic E-state index is 5.33. The lowest BCUT2D eigenvalue weighted by molar-refractivity contribution is 0.166. The van der Waals surface area contributed by atoms with E-state index in [0.717, 1.165) is 38.0 Å². The Hall–Kier alpha value is -2.01. The van der Waals surface area contributed by atoms with Gasteiger partial charge >= 0.3 is 0 Å². The van der Waals surface area contributed by atoms with E-state index < -0.39 is 0 Å². The predicted molar refractivity (Wildman–Crippen MR) is 97.6 cm³/mol. The van der Waals surface area contributed by atoms with Crippen molar-refractivity contribution in [3.63, 3.8) is 0 Å². The fourth-order valence-corrected chi connectivity index (χ4v) is 3.51. The summed E-state index contributed by atoms with van der Waals surface area (Å²) in [5.74, 6) is 0.678. The molecule has 0 bridgehead atoms. The van der Waals surface area contributed by atoms with E-state index in [1.807, 2.05) is 13.2 Å². The Balaban J connectivity index is 1.50. The summed E-state index contributed by atoms with van der Waals surface area (Å²) in [6, 6.07) is 11.8. The molecule has 0 spiro atoms. The molecule has 1 atom stereocenters. The first-order valence-electron chi connectivity index (χ1n) is 8.78. The molecule has 1 aromatic heterocycles. The third kappa shape index (κ3) is 4.09. The van der Waals surface area contributed by atoms with Gasteiger partial charge in [0.2, 0.25) is 0 Å². The van der Waals surface area contributed by atoms with Gasteiger partial charge in [-0.25, -0.2) is 0 Å². The smallest absolute Gasteiger partial charge is 0.256 e. The van der Waals surface area contributed by atoms with Crippen molar-refractivity contribution in [2.75, 3.05) is 25.5 Å². The highest BCUT2D eigenvalue weighted by Gasteiger charge is 2.24. The fourth-order valence-electron chi connectivity index (χ4n) is 3.51. The van der Waals surface area contributed by atoms with Crippen molar-refractivity contribution < 1.29 is 4.74 Å². The van der Waals surface area contributed by atoms with Crippen LogP contribution in [0.2, 0.25) is 0 Å². The molecule has 0 saturated carbocycles. The molecule has 5 nitrogen and oxygen atoms in total. The van der Waals surface area contributed by atoms with Gasteiger partial charge in [-0.15, -0.1) is 5.10 Å². The van der Waals surface area contributed by atoms with Gasteiger partial charge in [0.1, 0.15) is 5.69 Å². The largest absolute Gasteiger partial charge is 0.478 e. The molecule has 1 unspecified atom stereocenters. The number of aryl methyl sites for hydroxylation is 1. The van der Waals surface area contributed by atoms with Gasteiger partial charge in [-0.2, -0.15) is 0 Å². The van der Waals surface area contributed by atoms with Crippen LogP contribution < -0.4 is 10.1 Å². The van der Waals surface area contributed by atoms with Gasteiger partial charge in [0.25, 0.3) is 5.88 Å². The van der Waals surface area contributed by atoms with Crippen LogP contribution in [0, 0.1) is 0 Å². The van der Waals surface area contributed by atoms with Crippen LogP contribution in [0.1, 0.15) is 25.3 Å².